The molecule has 10 heteroatoms. The van der Waals surface area contributed by atoms with Crippen LogP contribution in [0.15, 0.2) is 65.6 Å². The molecule has 2 aromatic carbocycles. The van der Waals surface area contributed by atoms with E-state index < -0.39 is 23.3 Å². The summed E-state index contributed by atoms with van der Waals surface area (Å²) in [5.74, 6) is 1.59. The van der Waals surface area contributed by atoms with E-state index in [2.05, 4.69) is 4.98 Å². The van der Waals surface area contributed by atoms with Crippen LogP contribution < -0.4 is 20.9 Å². The number of alkyl halides is 1. The lowest BCUT2D eigenvalue weighted by molar-refractivity contribution is -0.0262. The molecule has 2 heterocycles. The van der Waals surface area contributed by atoms with Gasteiger partial charge in [-0.15, -0.1) is 11.8 Å². The van der Waals surface area contributed by atoms with Crippen LogP contribution in [0.4, 0.5) is 10.2 Å². The van der Waals surface area contributed by atoms with Crippen molar-refractivity contribution in [1.82, 2.24) is 9.55 Å². The predicted molar refractivity (Wildman–Crippen MR) is 132 cm³/mol. The van der Waals surface area contributed by atoms with E-state index in [0.717, 1.165) is 22.6 Å². The van der Waals surface area contributed by atoms with Crippen LogP contribution in [0.1, 0.15) is 16.5 Å². The third kappa shape index (κ3) is 6.14. The molecule has 0 bridgehead atoms. The number of nitrogen functional groups attached to an aromatic ring is 1. The second-order valence-electron chi connectivity index (χ2n) is 8.04. The fourth-order valence-electron chi connectivity index (χ4n) is 3.80. The third-order valence-electron chi connectivity index (χ3n) is 5.70. The molecule has 1 saturated heterocycles. The number of thioether (sulfide) groups is 1. The number of nitrogens with two attached hydrogens (primary N) is 1. The van der Waals surface area contributed by atoms with E-state index in [1.165, 1.54) is 28.6 Å². The molecule has 0 saturated carbocycles. The molecule has 2 N–H and O–H groups in total. The molecule has 186 valence electrons. The average molecular weight is 502 g/mol. The first-order chi connectivity index (χ1) is 17.0. The zero-order valence-corrected chi connectivity index (χ0v) is 20.3. The largest absolute Gasteiger partial charge is 0.497 e. The maximum absolute atomic E-state index is 15.7. The quantitative estimate of drug-likeness (QED) is 0.450. The fourth-order valence-corrected chi connectivity index (χ4v) is 5.31. The summed E-state index contributed by atoms with van der Waals surface area (Å²) in [6.07, 6.45) is -0.765. The van der Waals surface area contributed by atoms with Gasteiger partial charge in [0.05, 0.1) is 39.3 Å². The summed E-state index contributed by atoms with van der Waals surface area (Å²) < 4.78 is 39.3. The highest BCUT2D eigenvalue weighted by Gasteiger charge is 2.47. The van der Waals surface area contributed by atoms with Crippen LogP contribution in [0.2, 0.25) is 0 Å². The lowest BCUT2D eigenvalue weighted by atomic mass is 10.1. The second-order valence-corrected chi connectivity index (χ2v) is 9.40. The van der Waals surface area contributed by atoms with Crippen molar-refractivity contribution in [2.24, 2.45) is 0 Å². The summed E-state index contributed by atoms with van der Waals surface area (Å²) in [5, 5.41) is -1.14. The highest BCUT2D eigenvalue weighted by Crippen LogP contribution is 2.45. The minimum atomic E-state index is -1.45. The minimum absolute atomic E-state index is 0.0938. The minimum Gasteiger partial charge on any atom is -0.497 e. The van der Waals surface area contributed by atoms with E-state index in [1.54, 1.807) is 14.2 Å². The van der Waals surface area contributed by atoms with Crippen LogP contribution >= 0.6 is 11.8 Å². The normalized spacial score (nSPS) is 21.7. The molecule has 4 rings (SSSR count). The van der Waals surface area contributed by atoms with Gasteiger partial charge in [0.2, 0.25) is 0 Å². The van der Waals surface area contributed by atoms with Crippen molar-refractivity contribution in [3.05, 3.63) is 82.4 Å². The standard InChI is InChI=1S/C25H28FN3O5S/c1-31-18-7-3-16(4-8-18)13-33-15-20-23(34-14-17-5-9-19(32-2)10-6-17)22(26)24(35-20)29-12-11-21(27)28-25(29)30/h3-12,20,22-24H,13-15H2,1-2H3,(H2,27,28,30)/t20-,22+,23-,24?/m0/s1. The molecule has 1 unspecified atom stereocenters. The van der Waals surface area contributed by atoms with E-state index in [4.69, 9.17) is 24.7 Å². The van der Waals surface area contributed by atoms with E-state index in [0.29, 0.717) is 6.61 Å². The zero-order valence-electron chi connectivity index (χ0n) is 19.5. The maximum atomic E-state index is 15.7. The fraction of sp³-hybridized carbons (Fsp3) is 0.360. The molecule has 0 aliphatic carbocycles. The molecule has 0 radical (unpaired) electrons. The number of anilines is 1. The van der Waals surface area contributed by atoms with Gasteiger partial charge in [-0.3, -0.25) is 4.57 Å². The SMILES string of the molecule is COc1ccc(COC[C@@H]2SC(n3ccc(N)nc3=O)[C@H](F)[C@H]2OCc2ccc(OC)cc2)cc1. The second kappa shape index (κ2) is 11.6. The van der Waals surface area contributed by atoms with E-state index >= 15 is 4.39 Å². The Morgan fingerprint density at radius 3 is 2.14 bits per heavy atom. The lowest BCUT2D eigenvalue weighted by Crippen LogP contribution is -2.35. The summed E-state index contributed by atoms with van der Waals surface area (Å²) in [6, 6.07) is 16.4. The van der Waals surface area contributed by atoms with Gasteiger partial charge in [-0.25, -0.2) is 9.18 Å². The molecular weight excluding hydrogens is 473 g/mol. The molecule has 1 aromatic heterocycles. The summed E-state index contributed by atoms with van der Waals surface area (Å²) in [5.41, 5.74) is 6.86. The topological polar surface area (TPSA) is 97.8 Å². The Morgan fingerprint density at radius 2 is 1.57 bits per heavy atom. The number of aromatic nitrogens is 2. The van der Waals surface area contributed by atoms with Gasteiger partial charge < -0.3 is 24.7 Å². The van der Waals surface area contributed by atoms with Crippen molar-refractivity contribution >= 4 is 17.6 Å². The van der Waals surface area contributed by atoms with Crippen molar-refractivity contribution in [3.63, 3.8) is 0 Å². The average Bonchev–Trinajstić information content (AvgIpc) is 3.18. The first kappa shape index (κ1) is 25.0. The molecule has 0 spiro atoms. The highest BCUT2D eigenvalue weighted by molar-refractivity contribution is 8.00. The molecule has 1 fully saturated rings. The summed E-state index contributed by atoms with van der Waals surface area (Å²) in [7, 11) is 3.21. The summed E-state index contributed by atoms with van der Waals surface area (Å²) in [6.45, 7) is 0.821. The Balaban J connectivity index is 1.46. The third-order valence-corrected chi connectivity index (χ3v) is 7.22. The maximum Gasteiger partial charge on any atom is 0.350 e. The number of nitrogens with zero attached hydrogens (tertiary/aromatic N) is 2. The van der Waals surface area contributed by atoms with Crippen molar-refractivity contribution in [1.29, 1.82) is 0 Å². The van der Waals surface area contributed by atoms with Gasteiger partial charge in [0.1, 0.15) is 28.8 Å². The van der Waals surface area contributed by atoms with Crippen molar-refractivity contribution in [3.8, 4) is 11.5 Å². The van der Waals surface area contributed by atoms with Crippen molar-refractivity contribution < 1.29 is 23.3 Å². The number of halogens is 1. The van der Waals surface area contributed by atoms with Gasteiger partial charge in [0.15, 0.2) is 6.17 Å². The predicted octanol–water partition coefficient (Wildman–Crippen LogP) is 3.60. The molecule has 8 nitrogen and oxygen atoms in total. The zero-order chi connectivity index (χ0) is 24.8. The van der Waals surface area contributed by atoms with Crippen LogP contribution in [0.3, 0.4) is 0 Å². The van der Waals surface area contributed by atoms with Crippen LogP contribution in [0.5, 0.6) is 11.5 Å². The monoisotopic (exact) mass is 501 g/mol. The van der Waals surface area contributed by atoms with Crippen molar-refractivity contribution in [2.45, 2.75) is 36.1 Å². The summed E-state index contributed by atoms with van der Waals surface area (Å²) >= 11 is 1.30. The molecule has 4 atom stereocenters. The van der Waals surface area contributed by atoms with E-state index in [9.17, 15) is 4.79 Å². The Bertz CT molecular complexity index is 1160. The lowest BCUT2D eigenvalue weighted by Gasteiger charge is -2.21. The molecule has 1 aliphatic heterocycles. The highest BCUT2D eigenvalue weighted by atomic mass is 32.2. The number of hydrogen-bond acceptors (Lipinski definition) is 8. The number of hydrogen-bond donors (Lipinski definition) is 1. The van der Waals surface area contributed by atoms with Gasteiger partial charge in [-0.05, 0) is 41.5 Å². The molecule has 1 aliphatic rings. The van der Waals surface area contributed by atoms with Gasteiger partial charge in [0.25, 0.3) is 0 Å². The van der Waals surface area contributed by atoms with Crippen LogP contribution in [-0.4, -0.2) is 47.9 Å². The molecule has 3 aromatic rings. The van der Waals surface area contributed by atoms with Crippen LogP contribution in [0.25, 0.3) is 0 Å². The Morgan fingerprint density at radius 1 is 0.971 bits per heavy atom. The van der Waals surface area contributed by atoms with Crippen molar-refractivity contribution in [2.75, 3.05) is 26.6 Å². The van der Waals surface area contributed by atoms with E-state index in [1.807, 2.05) is 48.5 Å². The van der Waals surface area contributed by atoms with Gasteiger partial charge in [-0.1, -0.05) is 24.3 Å². The van der Waals surface area contributed by atoms with Gasteiger partial charge >= 0.3 is 5.69 Å². The Hall–Kier alpha value is -3.08. The van der Waals surface area contributed by atoms with E-state index in [-0.39, 0.29) is 24.3 Å². The first-order valence-electron chi connectivity index (χ1n) is 11.1. The summed E-state index contributed by atoms with van der Waals surface area (Å²) in [4.78, 5) is 16.1. The van der Waals surface area contributed by atoms with Crippen LogP contribution in [-0.2, 0) is 22.7 Å². The number of rotatable bonds is 10. The first-order valence-corrected chi connectivity index (χ1v) is 12.0. The Labute approximate surface area is 207 Å². The molecule has 0 amide bonds. The smallest absolute Gasteiger partial charge is 0.350 e. The molecule has 35 heavy (non-hydrogen) atoms. The molecular formula is C25H28FN3O5S. The number of benzene rings is 2. The van der Waals surface area contributed by atoms with Gasteiger partial charge in [0, 0.05) is 6.20 Å². The number of methoxy groups -OCH3 is 2. The Kier molecular flexibility index (Phi) is 8.27. The van der Waals surface area contributed by atoms with Crippen LogP contribution in [0, 0.1) is 0 Å². The van der Waals surface area contributed by atoms with Gasteiger partial charge in [-0.2, -0.15) is 4.98 Å². The number of ether oxygens (including phenoxy) is 4.